The van der Waals surface area contributed by atoms with Crippen LogP contribution >= 0.6 is 24.0 Å². The molecule has 1 aromatic rings. The van der Waals surface area contributed by atoms with Gasteiger partial charge in [0.2, 0.25) is 0 Å². The number of guanidine groups is 1. The standard InChI is InChI=1S/C21H37N7.HI/c1-3-25-12-14-26(15-13-25)11-7-6-10-24-21(22-2)28-18-16-27(17-19-28)20-8-4-5-9-23-20;/h4-5,8-9H,3,6-7,10-19H2,1-2H3,(H,22,24);1H. The predicted molar refractivity (Wildman–Crippen MR) is 133 cm³/mol. The molecule has 0 atom stereocenters. The SMILES string of the molecule is CCN1CCN(CCCCNC(=NC)N2CCN(c3ccccn3)CC2)CC1.I. The highest BCUT2D eigenvalue weighted by molar-refractivity contribution is 14.0. The molecule has 164 valence electrons. The van der Waals surface area contributed by atoms with Crippen LogP contribution < -0.4 is 10.2 Å². The van der Waals surface area contributed by atoms with E-state index in [1.165, 1.54) is 52.1 Å². The molecule has 7 nitrogen and oxygen atoms in total. The van der Waals surface area contributed by atoms with Crippen LogP contribution in [0.4, 0.5) is 5.82 Å². The van der Waals surface area contributed by atoms with Crippen molar-refractivity contribution in [3.8, 4) is 0 Å². The first-order valence-corrected chi connectivity index (χ1v) is 10.9. The molecule has 0 amide bonds. The molecule has 2 aliphatic rings. The second-order valence-corrected chi connectivity index (χ2v) is 7.62. The third kappa shape index (κ3) is 7.57. The van der Waals surface area contributed by atoms with Gasteiger partial charge in [0.1, 0.15) is 5.82 Å². The molecule has 2 aliphatic heterocycles. The van der Waals surface area contributed by atoms with Gasteiger partial charge in [-0.05, 0) is 38.1 Å². The number of nitrogens with zero attached hydrogens (tertiary/aromatic N) is 6. The van der Waals surface area contributed by atoms with Gasteiger partial charge in [-0.1, -0.05) is 13.0 Å². The third-order valence-electron chi connectivity index (χ3n) is 5.86. The maximum Gasteiger partial charge on any atom is 0.193 e. The fourth-order valence-corrected chi connectivity index (χ4v) is 4.01. The van der Waals surface area contributed by atoms with Crippen molar-refractivity contribution < 1.29 is 0 Å². The molecular formula is C21H38IN7. The van der Waals surface area contributed by atoms with E-state index in [2.05, 4.69) is 53.9 Å². The molecule has 0 radical (unpaired) electrons. The highest BCUT2D eigenvalue weighted by atomic mass is 127. The quantitative estimate of drug-likeness (QED) is 0.259. The monoisotopic (exact) mass is 515 g/mol. The van der Waals surface area contributed by atoms with Crippen molar-refractivity contribution in [1.82, 2.24) is 25.0 Å². The van der Waals surface area contributed by atoms with Crippen LogP contribution in [0.15, 0.2) is 29.4 Å². The lowest BCUT2D eigenvalue weighted by Crippen LogP contribution is -2.52. The summed E-state index contributed by atoms with van der Waals surface area (Å²) in [5, 5.41) is 3.56. The van der Waals surface area contributed by atoms with Gasteiger partial charge in [0.05, 0.1) is 0 Å². The fourth-order valence-electron chi connectivity index (χ4n) is 4.01. The van der Waals surface area contributed by atoms with E-state index in [-0.39, 0.29) is 24.0 Å². The lowest BCUT2D eigenvalue weighted by Gasteiger charge is -2.37. The van der Waals surface area contributed by atoms with E-state index in [0.29, 0.717) is 0 Å². The van der Waals surface area contributed by atoms with Crippen LogP contribution in [-0.2, 0) is 0 Å². The number of aromatic nitrogens is 1. The molecule has 3 heterocycles. The van der Waals surface area contributed by atoms with Crippen LogP contribution in [0.3, 0.4) is 0 Å². The summed E-state index contributed by atoms with van der Waals surface area (Å²) in [6.07, 6.45) is 4.32. The maximum absolute atomic E-state index is 4.50. The molecule has 0 saturated carbocycles. The average Bonchev–Trinajstić information content (AvgIpc) is 2.77. The van der Waals surface area contributed by atoms with Gasteiger partial charge in [-0.2, -0.15) is 0 Å². The van der Waals surface area contributed by atoms with Crippen molar-refractivity contribution in [1.29, 1.82) is 0 Å². The molecule has 1 aromatic heterocycles. The molecular weight excluding hydrogens is 477 g/mol. The van der Waals surface area contributed by atoms with Gasteiger partial charge >= 0.3 is 0 Å². The number of piperazine rings is 2. The molecule has 0 aliphatic carbocycles. The predicted octanol–water partition coefficient (Wildman–Crippen LogP) is 1.81. The van der Waals surface area contributed by atoms with Crippen LogP contribution in [0.5, 0.6) is 0 Å². The van der Waals surface area contributed by atoms with Gasteiger partial charge in [0.15, 0.2) is 5.96 Å². The van der Waals surface area contributed by atoms with Crippen LogP contribution in [-0.4, -0.2) is 105 Å². The Bertz CT molecular complexity index is 582. The molecule has 0 spiro atoms. The molecule has 0 aromatic carbocycles. The second kappa shape index (κ2) is 13.2. The molecule has 2 fully saturated rings. The maximum atomic E-state index is 4.50. The van der Waals surface area contributed by atoms with Crippen LogP contribution in [0.2, 0.25) is 0 Å². The van der Waals surface area contributed by atoms with Gasteiger partial charge in [0.25, 0.3) is 0 Å². The van der Waals surface area contributed by atoms with E-state index in [1.54, 1.807) is 0 Å². The smallest absolute Gasteiger partial charge is 0.193 e. The van der Waals surface area contributed by atoms with Crippen LogP contribution in [0, 0.1) is 0 Å². The van der Waals surface area contributed by atoms with Gasteiger partial charge in [-0.25, -0.2) is 4.98 Å². The second-order valence-electron chi connectivity index (χ2n) is 7.62. The Kier molecular flexibility index (Phi) is 11.0. The highest BCUT2D eigenvalue weighted by Gasteiger charge is 2.20. The summed E-state index contributed by atoms with van der Waals surface area (Å²) in [6.45, 7) is 14.5. The Balaban J connectivity index is 0.00000300. The molecule has 2 saturated heterocycles. The number of anilines is 1. The first-order valence-electron chi connectivity index (χ1n) is 10.9. The zero-order valence-corrected chi connectivity index (χ0v) is 20.4. The summed E-state index contributed by atoms with van der Waals surface area (Å²) in [4.78, 5) is 18.8. The van der Waals surface area contributed by atoms with Gasteiger partial charge < -0.3 is 24.9 Å². The Hall–Kier alpha value is -1.13. The number of halogens is 1. The zero-order chi connectivity index (χ0) is 19.6. The summed E-state index contributed by atoms with van der Waals surface area (Å²) in [7, 11) is 1.89. The van der Waals surface area contributed by atoms with E-state index < -0.39 is 0 Å². The van der Waals surface area contributed by atoms with Crippen molar-refractivity contribution in [3.63, 3.8) is 0 Å². The number of pyridine rings is 1. The van der Waals surface area contributed by atoms with E-state index in [1.807, 2.05) is 19.3 Å². The van der Waals surface area contributed by atoms with E-state index in [0.717, 1.165) is 44.5 Å². The van der Waals surface area contributed by atoms with Gasteiger partial charge in [-0.15, -0.1) is 24.0 Å². The number of likely N-dealkylation sites (N-methyl/N-ethyl adjacent to an activating group) is 1. The highest BCUT2D eigenvalue weighted by Crippen LogP contribution is 2.12. The minimum Gasteiger partial charge on any atom is -0.356 e. The topological polar surface area (TPSA) is 50.2 Å². The van der Waals surface area contributed by atoms with E-state index in [4.69, 9.17) is 0 Å². The molecule has 29 heavy (non-hydrogen) atoms. The van der Waals surface area contributed by atoms with E-state index >= 15 is 0 Å². The number of unbranched alkanes of at least 4 members (excludes halogenated alkanes) is 1. The molecule has 3 rings (SSSR count). The first kappa shape index (κ1) is 24.1. The summed E-state index contributed by atoms with van der Waals surface area (Å²) in [5.74, 6) is 2.11. The average molecular weight is 515 g/mol. The molecule has 0 unspecified atom stereocenters. The lowest BCUT2D eigenvalue weighted by molar-refractivity contribution is 0.136. The summed E-state index contributed by atoms with van der Waals surface area (Å²) in [6, 6.07) is 6.11. The molecule has 8 heteroatoms. The lowest BCUT2D eigenvalue weighted by atomic mass is 10.2. The largest absolute Gasteiger partial charge is 0.356 e. The van der Waals surface area contributed by atoms with Crippen molar-refractivity contribution in [2.75, 3.05) is 83.9 Å². The van der Waals surface area contributed by atoms with Crippen molar-refractivity contribution in [2.24, 2.45) is 4.99 Å². The zero-order valence-electron chi connectivity index (χ0n) is 18.1. The van der Waals surface area contributed by atoms with E-state index in [9.17, 15) is 0 Å². The summed E-state index contributed by atoms with van der Waals surface area (Å²) in [5.41, 5.74) is 0. The van der Waals surface area contributed by atoms with Crippen molar-refractivity contribution in [3.05, 3.63) is 24.4 Å². The number of aliphatic imine (C=N–C) groups is 1. The van der Waals surface area contributed by atoms with Crippen molar-refractivity contribution in [2.45, 2.75) is 19.8 Å². The minimum atomic E-state index is 0. The molecule has 0 bridgehead atoms. The molecule has 1 N–H and O–H groups in total. The Morgan fingerprint density at radius 3 is 2.34 bits per heavy atom. The Morgan fingerprint density at radius 2 is 1.72 bits per heavy atom. The van der Waals surface area contributed by atoms with Crippen LogP contribution in [0.25, 0.3) is 0 Å². The summed E-state index contributed by atoms with van der Waals surface area (Å²) < 4.78 is 0. The minimum absolute atomic E-state index is 0. The number of rotatable bonds is 7. The number of hydrogen-bond acceptors (Lipinski definition) is 5. The first-order chi connectivity index (χ1) is 13.8. The number of hydrogen-bond donors (Lipinski definition) is 1. The number of nitrogens with one attached hydrogen (secondary N) is 1. The Morgan fingerprint density at radius 1 is 1.00 bits per heavy atom. The third-order valence-corrected chi connectivity index (χ3v) is 5.86. The van der Waals surface area contributed by atoms with Gasteiger partial charge in [0, 0.05) is 72.1 Å². The Labute approximate surface area is 193 Å². The van der Waals surface area contributed by atoms with Gasteiger partial charge in [-0.3, -0.25) is 4.99 Å². The normalized spacial score (nSPS) is 19.2. The summed E-state index contributed by atoms with van der Waals surface area (Å²) >= 11 is 0. The van der Waals surface area contributed by atoms with Crippen LogP contribution in [0.1, 0.15) is 19.8 Å². The fraction of sp³-hybridized carbons (Fsp3) is 0.714. The van der Waals surface area contributed by atoms with Crippen molar-refractivity contribution >= 4 is 35.8 Å².